The summed E-state index contributed by atoms with van der Waals surface area (Å²) in [5, 5.41) is 0. The van der Waals surface area contributed by atoms with Crippen molar-refractivity contribution in [3.8, 4) is 23.0 Å². The molecule has 140 valence electrons. The van der Waals surface area contributed by atoms with Crippen LogP contribution >= 0.6 is 0 Å². The lowest BCUT2D eigenvalue weighted by Crippen LogP contribution is -2.27. The first-order chi connectivity index (χ1) is 12.5. The molecule has 0 spiro atoms. The lowest BCUT2D eigenvalue weighted by Gasteiger charge is -2.37. The van der Waals surface area contributed by atoms with E-state index in [2.05, 4.69) is 38.1 Å². The largest absolute Gasteiger partial charge is 0.493 e. The summed E-state index contributed by atoms with van der Waals surface area (Å²) in [6.45, 7) is 4.64. The zero-order valence-corrected chi connectivity index (χ0v) is 16.5. The van der Waals surface area contributed by atoms with Gasteiger partial charge in [0.15, 0.2) is 23.0 Å². The van der Waals surface area contributed by atoms with E-state index < -0.39 is 0 Å². The Hall–Kier alpha value is -2.36. The minimum atomic E-state index is 0.272. The van der Waals surface area contributed by atoms with Gasteiger partial charge in [-0.1, -0.05) is 19.9 Å². The smallest absolute Gasteiger partial charge is 0.161 e. The molecule has 0 aromatic heterocycles. The van der Waals surface area contributed by atoms with Crippen LogP contribution in [-0.2, 0) is 6.42 Å². The van der Waals surface area contributed by atoms with Crippen molar-refractivity contribution < 1.29 is 18.9 Å². The fraction of sp³-hybridized carbons (Fsp3) is 0.455. The van der Waals surface area contributed by atoms with Gasteiger partial charge in [-0.3, -0.25) is 0 Å². The van der Waals surface area contributed by atoms with E-state index in [-0.39, 0.29) is 5.92 Å². The maximum absolute atomic E-state index is 5.56. The fourth-order valence-electron chi connectivity index (χ4n) is 4.08. The summed E-state index contributed by atoms with van der Waals surface area (Å²) < 4.78 is 22.0. The first-order valence-electron chi connectivity index (χ1n) is 9.00. The van der Waals surface area contributed by atoms with E-state index in [9.17, 15) is 0 Å². The molecule has 0 unspecified atom stereocenters. The number of hydrogen-bond acceptors (Lipinski definition) is 4. The van der Waals surface area contributed by atoms with Crippen LogP contribution in [0.3, 0.4) is 0 Å². The maximum atomic E-state index is 5.56. The fourth-order valence-corrected chi connectivity index (χ4v) is 4.08. The van der Waals surface area contributed by atoms with Crippen molar-refractivity contribution in [2.24, 2.45) is 11.8 Å². The Morgan fingerprint density at radius 1 is 0.731 bits per heavy atom. The van der Waals surface area contributed by atoms with Crippen LogP contribution in [0.15, 0.2) is 30.3 Å². The molecular weight excluding hydrogens is 328 g/mol. The number of ether oxygens (including phenoxy) is 4. The van der Waals surface area contributed by atoms with E-state index in [1.807, 2.05) is 6.07 Å². The predicted molar refractivity (Wildman–Crippen MR) is 103 cm³/mol. The van der Waals surface area contributed by atoms with E-state index in [1.165, 1.54) is 16.7 Å². The molecule has 0 fully saturated rings. The topological polar surface area (TPSA) is 36.9 Å². The monoisotopic (exact) mass is 356 g/mol. The van der Waals surface area contributed by atoms with Crippen molar-refractivity contribution >= 4 is 0 Å². The van der Waals surface area contributed by atoms with Gasteiger partial charge in [-0.25, -0.2) is 0 Å². The summed E-state index contributed by atoms with van der Waals surface area (Å²) in [4.78, 5) is 0. The number of fused-ring (bicyclic) bond motifs is 1. The first-order valence-corrected chi connectivity index (χ1v) is 9.00. The van der Waals surface area contributed by atoms with Crippen LogP contribution in [0.4, 0.5) is 0 Å². The third-order valence-electron chi connectivity index (χ3n) is 5.71. The van der Waals surface area contributed by atoms with Crippen molar-refractivity contribution in [3.05, 3.63) is 47.0 Å². The maximum Gasteiger partial charge on any atom is 0.161 e. The minimum Gasteiger partial charge on any atom is -0.493 e. The molecule has 26 heavy (non-hydrogen) atoms. The molecule has 1 aliphatic carbocycles. The summed E-state index contributed by atoms with van der Waals surface area (Å²) in [6.07, 6.45) is 1.04. The molecule has 0 saturated carbocycles. The van der Waals surface area contributed by atoms with E-state index >= 15 is 0 Å². The molecule has 1 aliphatic rings. The molecule has 0 amide bonds. The highest BCUT2D eigenvalue weighted by atomic mass is 16.5. The van der Waals surface area contributed by atoms with E-state index in [4.69, 9.17) is 18.9 Å². The van der Waals surface area contributed by atoms with Crippen molar-refractivity contribution in [1.29, 1.82) is 0 Å². The van der Waals surface area contributed by atoms with Gasteiger partial charge in [0.2, 0.25) is 0 Å². The SMILES string of the molecule is COc1ccc([C@@H]2c3cc(OC)c(OC)cc3C[C@@H](C)[C@H]2C)cc1OC. The third-order valence-corrected chi connectivity index (χ3v) is 5.71. The Morgan fingerprint density at radius 3 is 1.92 bits per heavy atom. The van der Waals surface area contributed by atoms with E-state index in [1.54, 1.807) is 28.4 Å². The van der Waals surface area contributed by atoms with Crippen LogP contribution in [0, 0.1) is 11.8 Å². The summed E-state index contributed by atoms with van der Waals surface area (Å²) in [5.41, 5.74) is 3.86. The Bertz CT molecular complexity index is 784. The Labute approximate surface area is 156 Å². The van der Waals surface area contributed by atoms with Gasteiger partial charge >= 0.3 is 0 Å². The van der Waals surface area contributed by atoms with Crippen LogP contribution in [0.25, 0.3) is 0 Å². The highest BCUT2D eigenvalue weighted by Gasteiger charge is 2.34. The molecule has 2 aromatic carbocycles. The highest BCUT2D eigenvalue weighted by molar-refractivity contribution is 5.54. The van der Waals surface area contributed by atoms with Crippen molar-refractivity contribution in [1.82, 2.24) is 0 Å². The third kappa shape index (κ3) is 3.09. The van der Waals surface area contributed by atoms with Crippen molar-refractivity contribution in [3.63, 3.8) is 0 Å². The van der Waals surface area contributed by atoms with Gasteiger partial charge in [0, 0.05) is 5.92 Å². The number of rotatable bonds is 5. The van der Waals surface area contributed by atoms with Gasteiger partial charge in [0.1, 0.15) is 0 Å². The van der Waals surface area contributed by atoms with Gasteiger partial charge in [0.25, 0.3) is 0 Å². The molecule has 3 atom stereocenters. The van der Waals surface area contributed by atoms with Crippen LogP contribution in [0.5, 0.6) is 23.0 Å². The zero-order valence-electron chi connectivity index (χ0n) is 16.5. The Morgan fingerprint density at radius 2 is 1.31 bits per heavy atom. The average molecular weight is 356 g/mol. The quantitative estimate of drug-likeness (QED) is 0.779. The Kier molecular flexibility index (Phi) is 5.30. The van der Waals surface area contributed by atoms with E-state index in [0.29, 0.717) is 11.8 Å². The molecule has 0 bridgehead atoms. The molecule has 0 radical (unpaired) electrons. The first kappa shape index (κ1) is 18.4. The van der Waals surface area contributed by atoms with Gasteiger partial charge in [0.05, 0.1) is 28.4 Å². The molecule has 0 N–H and O–H groups in total. The standard InChI is InChI=1S/C22H28O4/c1-13-9-16-11-20(25-5)21(26-6)12-17(16)22(14(13)2)15-7-8-18(23-3)19(10-15)24-4/h7-8,10-14,22H,9H2,1-6H3/t13-,14-,22-/m1/s1. The van der Waals surface area contributed by atoms with Crippen LogP contribution in [0.1, 0.15) is 36.5 Å². The molecule has 3 rings (SSSR count). The van der Waals surface area contributed by atoms with Crippen molar-refractivity contribution in [2.75, 3.05) is 28.4 Å². The normalized spacial score (nSPS) is 21.7. The lowest BCUT2D eigenvalue weighted by atomic mass is 9.68. The van der Waals surface area contributed by atoms with Crippen molar-refractivity contribution in [2.45, 2.75) is 26.2 Å². The van der Waals surface area contributed by atoms with E-state index in [0.717, 1.165) is 29.4 Å². The summed E-state index contributed by atoms with van der Waals surface area (Å²) in [5.74, 6) is 4.42. The molecule has 0 heterocycles. The summed E-state index contributed by atoms with van der Waals surface area (Å²) in [6, 6.07) is 10.5. The van der Waals surface area contributed by atoms with Gasteiger partial charge in [-0.2, -0.15) is 0 Å². The molecule has 4 heteroatoms. The predicted octanol–water partition coefficient (Wildman–Crippen LogP) is 4.68. The second-order valence-corrected chi connectivity index (χ2v) is 7.04. The zero-order chi connectivity index (χ0) is 18.8. The number of benzene rings is 2. The van der Waals surface area contributed by atoms with Gasteiger partial charge in [-0.15, -0.1) is 0 Å². The van der Waals surface area contributed by atoms with Crippen LogP contribution in [0.2, 0.25) is 0 Å². The van der Waals surface area contributed by atoms with Gasteiger partial charge in [-0.05, 0) is 59.2 Å². The average Bonchev–Trinajstić information content (AvgIpc) is 2.67. The minimum absolute atomic E-state index is 0.272. The van der Waals surface area contributed by atoms with Crippen LogP contribution in [-0.4, -0.2) is 28.4 Å². The van der Waals surface area contributed by atoms with Gasteiger partial charge < -0.3 is 18.9 Å². The highest BCUT2D eigenvalue weighted by Crippen LogP contribution is 2.47. The summed E-state index contributed by atoms with van der Waals surface area (Å²) in [7, 11) is 6.71. The summed E-state index contributed by atoms with van der Waals surface area (Å²) >= 11 is 0. The molecule has 4 nitrogen and oxygen atoms in total. The lowest BCUT2D eigenvalue weighted by molar-refractivity contribution is 0.316. The second kappa shape index (κ2) is 7.48. The number of methoxy groups -OCH3 is 4. The Balaban J connectivity index is 2.15. The van der Waals surface area contributed by atoms with Crippen LogP contribution < -0.4 is 18.9 Å². The molecular formula is C22H28O4. The second-order valence-electron chi connectivity index (χ2n) is 7.04. The number of hydrogen-bond donors (Lipinski definition) is 0. The molecule has 2 aromatic rings. The molecule has 0 aliphatic heterocycles. The molecule has 0 saturated heterocycles.